The lowest BCUT2D eigenvalue weighted by molar-refractivity contribution is 0.479. The highest BCUT2D eigenvalue weighted by Crippen LogP contribution is 2.55. The molecular weight excluding hydrogens is 412 g/mol. The number of amidine groups is 1. The highest BCUT2D eigenvalue weighted by molar-refractivity contribution is 8.23. The molecule has 0 aliphatic carbocycles. The van der Waals surface area contributed by atoms with Crippen molar-refractivity contribution in [3.8, 4) is 5.75 Å². The van der Waals surface area contributed by atoms with E-state index in [0.29, 0.717) is 15.9 Å². The Morgan fingerprint density at radius 3 is 2.90 bits per heavy atom. The molecule has 0 unspecified atom stereocenters. The fourth-order valence-corrected chi connectivity index (χ4v) is 5.07. The Balaban J connectivity index is 1.90. The summed E-state index contributed by atoms with van der Waals surface area (Å²) in [5.41, 5.74) is 0.155. The van der Waals surface area contributed by atoms with E-state index in [-0.39, 0.29) is 22.0 Å². The number of para-hydroxylation sites is 1. The van der Waals surface area contributed by atoms with Gasteiger partial charge in [0.1, 0.15) is 10.5 Å². The van der Waals surface area contributed by atoms with Crippen LogP contribution in [0.1, 0.15) is 31.7 Å². The minimum atomic E-state index is -3.52. The van der Waals surface area contributed by atoms with Gasteiger partial charge in [-0.2, -0.15) is 9.78 Å². The average molecular weight is 433 g/mol. The molecular formula is C19H20N4O4S2. The van der Waals surface area contributed by atoms with Gasteiger partial charge in [0.15, 0.2) is 11.6 Å². The Morgan fingerprint density at radius 1 is 1.31 bits per heavy atom. The van der Waals surface area contributed by atoms with Crippen molar-refractivity contribution in [2.24, 2.45) is 9.50 Å². The van der Waals surface area contributed by atoms with Crippen LogP contribution in [0, 0.1) is 0 Å². The van der Waals surface area contributed by atoms with E-state index in [4.69, 9.17) is 0 Å². The molecule has 0 amide bonds. The summed E-state index contributed by atoms with van der Waals surface area (Å²) >= 11 is 1.26. The second kappa shape index (κ2) is 7.64. The highest BCUT2D eigenvalue weighted by Gasteiger charge is 2.30. The number of nitrogens with zero attached hydrogens (tertiary/aromatic N) is 3. The molecule has 3 heterocycles. The number of anilines is 1. The largest absolute Gasteiger partial charge is 0.505 e. The van der Waals surface area contributed by atoms with Crippen LogP contribution < -0.4 is 10.9 Å². The first kappa shape index (κ1) is 19.6. The predicted octanol–water partition coefficient (Wildman–Crippen LogP) is 4.69. The molecule has 0 saturated heterocycles. The van der Waals surface area contributed by atoms with Gasteiger partial charge in [-0.1, -0.05) is 36.3 Å². The van der Waals surface area contributed by atoms with E-state index in [1.54, 1.807) is 41.9 Å². The zero-order chi connectivity index (χ0) is 20.6. The lowest BCUT2D eigenvalue weighted by atomic mass is 10.2. The molecule has 10 heteroatoms. The summed E-state index contributed by atoms with van der Waals surface area (Å²) in [7, 11) is -3.52. The van der Waals surface area contributed by atoms with Gasteiger partial charge in [0.25, 0.3) is 5.56 Å². The van der Waals surface area contributed by atoms with E-state index in [9.17, 15) is 19.0 Å². The molecule has 2 aromatic heterocycles. The Kier molecular flexibility index (Phi) is 5.17. The van der Waals surface area contributed by atoms with Crippen LogP contribution in [-0.4, -0.2) is 30.9 Å². The van der Waals surface area contributed by atoms with Gasteiger partial charge in [-0.15, -0.1) is 15.7 Å². The molecule has 4 N–H and O–H groups in total. The third-order valence-corrected chi connectivity index (χ3v) is 6.80. The zero-order valence-electron chi connectivity index (χ0n) is 15.6. The number of pyridine rings is 1. The molecule has 1 aromatic carbocycles. The van der Waals surface area contributed by atoms with Gasteiger partial charge in [0.05, 0.1) is 15.9 Å². The van der Waals surface area contributed by atoms with E-state index >= 15 is 0 Å². The summed E-state index contributed by atoms with van der Waals surface area (Å²) < 4.78 is 26.6. The maximum absolute atomic E-state index is 13.2. The number of hydrogen-bond acceptors (Lipinski definition) is 8. The fraction of sp³-hybridized carbons (Fsp3) is 0.211. The molecule has 0 saturated carbocycles. The number of aromatic hydroxyl groups is 1. The molecule has 4 rings (SSSR count). The summed E-state index contributed by atoms with van der Waals surface area (Å²) in [6.07, 6.45) is 4.34. The van der Waals surface area contributed by atoms with Gasteiger partial charge in [-0.3, -0.25) is 13.9 Å². The third kappa shape index (κ3) is 3.44. The van der Waals surface area contributed by atoms with E-state index in [0.717, 1.165) is 19.3 Å². The molecule has 8 nitrogen and oxygen atoms in total. The second-order valence-corrected chi connectivity index (χ2v) is 9.07. The Labute approximate surface area is 172 Å². The maximum Gasteiger partial charge on any atom is 0.286 e. The number of hydrogen-bond donors (Lipinski definition) is 4. The average Bonchev–Trinajstić information content (AvgIpc) is 3.17. The van der Waals surface area contributed by atoms with Crippen LogP contribution in [0.25, 0.3) is 10.2 Å². The van der Waals surface area contributed by atoms with Crippen molar-refractivity contribution in [1.82, 2.24) is 4.68 Å². The molecule has 0 radical (unpaired) electrons. The molecule has 3 aromatic rings. The summed E-state index contributed by atoms with van der Waals surface area (Å²) in [4.78, 5) is 13.4. The SMILES string of the molecule is CCCC/C=N/n1c(=O)c(C2=NS(O)(O)c3ccccc3N2)c(O)c2sccc21. The number of fused-ring (bicyclic) bond motifs is 2. The quantitative estimate of drug-likeness (QED) is 0.344. The standard InChI is InChI=1S/C19H20N4O4S2/c1-2-3-6-10-20-23-13-9-11-28-17(13)16(24)15(19(23)25)18-21-12-7-4-5-8-14(12)29(26,27)22-18/h4-5,7-11,24,26-27H,2-3,6H2,1H3,(H,21,22)/b20-10+. The molecule has 1 aliphatic rings. The first-order valence-corrected chi connectivity index (χ1v) is 11.4. The molecule has 1 aliphatic heterocycles. The Morgan fingerprint density at radius 2 is 2.10 bits per heavy atom. The van der Waals surface area contributed by atoms with Crippen molar-refractivity contribution in [3.63, 3.8) is 0 Å². The first-order chi connectivity index (χ1) is 13.9. The normalized spacial score (nSPS) is 16.4. The van der Waals surface area contributed by atoms with E-state index in [2.05, 4.69) is 21.7 Å². The second-order valence-electron chi connectivity index (χ2n) is 6.50. The lowest BCUT2D eigenvalue weighted by Crippen LogP contribution is -2.30. The van der Waals surface area contributed by atoms with Gasteiger partial charge in [0, 0.05) is 6.21 Å². The van der Waals surface area contributed by atoms with Gasteiger partial charge in [-0.25, -0.2) is 0 Å². The Hall–Kier alpha value is -2.66. The van der Waals surface area contributed by atoms with Crippen molar-refractivity contribution in [3.05, 3.63) is 51.6 Å². The Bertz CT molecular complexity index is 1200. The van der Waals surface area contributed by atoms with Crippen molar-refractivity contribution in [1.29, 1.82) is 0 Å². The van der Waals surface area contributed by atoms with Crippen LogP contribution in [0.5, 0.6) is 5.75 Å². The summed E-state index contributed by atoms with van der Waals surface area (Å²) in [5, 5.41) is 19.8. The minimum absolute atomic E-state index is 0.0981. The predicted molar refractivity (Wildman–Crippen MR) is 119 cm³/mol. The smallest absolute Gasteiger partial charge is 0.286 e. The van der Waals surface area contributed by atoms with Gasteiger partial charge < -0.3 is 10.4 Å². The van der Waals surface area contributed by atoms with Gasteiger partial charge in [-0.05, 0) is 36.4 Å². The lowest BCUT2D eigenvalue weighted by Gasteiger charge is -2.34. The molecule has 29 heavy (non-hydrogen) atoms. The van der Waals surface area contributed by atoms with E-state index < -0.39 is 16.3 Å². The monoisotopic (exact) mass is 432 g/mol. The van der Waals surface area contributed by atoms with Crippen LogP contribution in [0.2, 0.25) is 0 Å². The molecule has 0 atom stereocenters. The minimum Gasteiger partial charge on any atom is -0.505 e. The van der Waals surface area contributed by atoms with E-state index in [1.165, 1.54) is 16.0 Å². The van der Waals surface area contributed by atoms with Gasteiger partial charge in [0.2, 0.25) is 0 Å². The number of nitrogens with one attached hydrogen (secondary N) is 1. The number of unbranched alkanes of at least 4 members (excludes halogenated alkanes) is 2. The molecule has 0 fully saturated rings. The van der Waals surface area contributed by atoms with Crippen LogP contribution >= 0.6 is 22.1 Å². The summed E-state index contributed by atoms with van der Waals surface area (Å²) in [6, 6.07) is 8.31. The van der Waals surface area contributed by atoms with Crippen LogP contribution in [0.4, 0.5) is 5.69 Å². The number of aromatic nitrogens is 1. The number of thiophene rings is 1. The van der Waals surface area contributed by atoms with E-state index in [1.807, 2.05) is 0 Å². The molecule has 0 bridgehead atoms. The number of rotatable bonds is 5. The van der Waals surface area contributed by atoms with Crippen molar-refractivity contribution < 1.29 is 14.2 Å². The van der Waals surface area contributed by atoms with Crippen LogP contribution in [0.15, 0.2) is 54.9 Å². The topological polar surface area (TPSA) is 119 Å². The van der Waals surface area contributed by atoms with Crippen molar-refractivity contribution in [2.45, 2.75) is 31.1 Å². The number of benzene rings is 1. The van der Waals surface area contributed by atoms with Crippen molar-refractivity contribution in [2.75, 3.05) is 5.32 Å². The summed E-state index contributed by atoms with van der Waals surface area (Å²) in [5.74, 6) is -0.361. The molecule has 152 valence electrons. The van der Waals surface area contributed by atoms with Gasteiger partial charge >= 0.3 is 0 Å². The maximum atomic E-state index is 13.2. The van der Waals surface area contributed by atoms with Crippen LogP contribution in [-0.2, 0) is 0 Å². The summed E-state index contributed by atoms with van der Waals surface area (Å²) in [6.45, 7) is 2.07. The molecule has 0 spiro atoms. The first-order valence-electron chi connectivity index (χ1n) is 9.06. The zero-order valence-corrected chi connectivity index (χ0v) is 17.2. The third-order valence-electron chi connectivity index (χ3n) is 4.51. The highest BCUT2D eigenvalue weighted by atomic mass is 32.3. The fourth-order valence-electron chi connectivity index (χ4n) is 3.08. The van der Waals surface area contributed by atoms with Crippen LogP contribution in [0.3, 0.4) is 0 Å². The van der Waals surface area contributed by atoms with Crippen molar-refractivity contribution >= 4 is 50.1 Å².